The molecule has 0 saturated heterocycles. The lowest BCUT2D eigenvalue weighted by Crippen LogP contribution is -2.01. The van der Waals surface area contributed by atoms with Crippen molar-refractivity contribution in [3.63, 3.8) is 0 Å². The monoisotopic (exact) mass is 431 g/mol. The van der Waals surface area contributed by atoms with Gasteiger partial charge in [-0.05, 0) is 35.9 Å². The van der Waals surface area contributed by atoms with Crippen molar-refractivity contribution in [2.24, 2.45) is 0 Å². The molecule has 0 radical (unpaired) electrons. The van der Waals surface area contributed by atoms with E-state index in [1.165, 1.54) is 6.07 Å². The fraction of sp³-hybridized carbons (Fsp3) is 0.0625. The maximum atomic E-state index is 11.2. The molecule has 118 valence electrons. The highest BCUT2D eigenvalue weighted by Gasteiger charge is 2.17. The van der Waals surface area contributed by atoms with Crippen molar-refractivity contribution < 1.29 is 9.90 Å². The molecule has 2 aromatic carbocycles. The zero-order valence-corrected chi connectivity index (χ0v) is 15.3. The number of carboxylic acid groups (broad SMARTS) is 1. The van der Waals surface area contributed by atoms with Crippen molar-refractivity contribution in [2.45, 2.75) is 6.42 Å². The summed E-state index contributed by atoms with van der Waals surface area (Å²) in [5, 5.41) is 11.2. The second kappa shape index (κ2) is 6.36. The summed E-state index contributed by atoms with van der Waals surface area (Å²) >= 11 is 22.0. The van der Waals surface area contributed by atoms with Crippen LogP contribution < -0.4 is 0 Å². The van der Waals surface area contributed by atoms with Gasteiger partial charge in [-0.2, -0.15) is 0 Å². The molecule has 0 bridgehead atoms. The van der Waals surface area contributed by atoms with E-state index in [-0.39, 0.29) is 10.6 Å². The van der Waals surface area contributed by atoms with Crippen LogP contribution >= 0.6 is 50.7 Å². The van der Waals surface area contributed by atoms with E-state index in [9.17, 15) is 9.90 Å². The van der Waals surface area contributed by atoms with Gasteiger partial charge in [0.1, 0.15) is 0 Å². The number of H-pyrrole nitrogens is 1. The Kier molecular flexibility index (Phi) is 4.61. The average Bonchev–Trinajstić information content (AvgIpc) is 2.86. The normalized spacial score (nSPS) is 11.1. The van der Waals surface area contributed by atoms with Gasteiger partial charge in [0, 0.05) is 32.5 Å². The summed E-state index contributed by atoms with van der Waals surface area (Å²) in [5.41, 5.74) is 2.31. The highest BCUT2D eigenvalue weighted by Crippen LogP contribution is 2.33. The van der Waals surface area contributed by atoms with Gasteiger partial charge >= 0.3 is 5.97 Å². The van der Waals surface area contributed by atoms with Crippen molar-refractivity contribution in [2.75, 3.05) is 0 Å². The standard InChI is InChI=1S/C16H9BrCl3NO2/c17-7-3-13(19)10-5-8(21-14(10)4-7)6-11-12(18)2-1-9(15(11)20)16(22)23/h1-5,21H,6H2,(H,22,23). The number of hydrogen-bond acceptors (Lipinski definition) is 1. The van der Waals surface area contributed by atoms with Crippen LogP contribution in [0.3, 0.4) is 0 Å². The van der Waals surface area contributed by atoms with E-state index in [0.29, 0.717) is 22.0 Å². The van der Waals surface area contributed by atoms with Gasteiger partial charge in [-0.3, -0.25) is 0 Å². The lowest BCUT2D eigenvalue weighted by molar-refractivity contribution is 0.0697. The third kappa shape index (κ3) is 3.22. The van der Waals surface area contributed by atoms with Crippen molar-refractivity contribution in [1.82, 2.24) is 4.98 Å². The Bertz CT molecular complexity index is 937. The maximum absolute atomic E-state index is 11.2. The Labute approximate surface area is 155 Å². The summed E-state index contributed by atoms with van der Waals surface area (Å²) in [6.45, 7) is 0. The Balaban J connectivity index is 2.07. The summed E-state index contributed by atoms with van der Waals surface area (Å²) in [6.07, 6.45) is 0.376. The number of benzene rings is 2. The predicted octanol–water partition coefficient (Wildman–Crippen LogP) is 6.18. The van der Waals surface area contributed by atoms with E-state index in [1.54, 1.807) is 6.07 Å². The van der Waals surface area contributed by atoms with Crippen LogP contribution in [0.1, 0.15) is 21.6 Å². The van der Waals surface area contributed by atoms with Gasteiger partial charge in [0.05, 0.1) is 15.6 Å². The highest BCUT2D eigenvalue weighted by molar-refractivity contribution is 9.10. The largest absolute Gasteiger partial charge is 0.478 e. The molecular weight excluding hydrogens is 424 g/mol. The van der Waals surface area contributed by atoms with Gasteiger partial charge in [-0.25, -0.2) is 4.79 Å². The smallest absolute Gasteiger partial charge is 0.337 e. The minimum absolute atomic E-state index is 0.0305. The van der Waals surface area contributed by atoms with E-state index in [4.69, 9.17) is 34.8 Å². The van der Waals surface area contributed by atoms with Gasteiger partial charge in [0.2, 0.25) is 0 Å². The number of carbonyl (C=O) groups is 1. The number of halogens is 4. The van der Waals surface area contributed by atoms with Crippen molar-refractivity contribution >= 4 is 67.6 Å². The Morgan fingerprint density at radius 2 is 1.87 bits per heavy atom. The Morgan fingerprint density at radius 1 is 1.13 bits per heavy atom. The number of nitrogens with one attached hydrogen (secondary N) is 1. The van der Waals surface area contributed by atoms with Crippen molar-refractivity contribution in [3.8, 4) is 0 Å². The van der Waals surface area contributed by atoms with E-state index in [2.05, 4.69) is 20.9 Å². The van der Waals surface area contributed by atoms with Crippen molar-refractivity contribution in [3.05, 3.63) is 66.7 Å². The fourth-order valence-corrected chi connectivity index (χ4v) is 3.88. The topological polar surface area (TPSA) is 53.1 Å². The first-order valence-corrected chi connectivity index (χ1v) is 8.46. The summed E-state index contributed by atoms with van der Waals surface area (Å²) in [6, 6.07) is 8.58. The fourth-order valence-electron chi connectivity index (χ4n) is 2.43. The molecule has 23 heavy (non-hydrogen) atoms. The van der Waals surface area contributed by atoms with Gasteiger partial charge in [0.25, 0.3) is 0 Å². The SMILES string of the molecule is O=C(O)c1ccc(Cl)c(Cc2cc3c(Cl)cc(Br)cc3[nH]2)c1Cl. The molecule has 3 nitrogen and oxygen atoms in total. The highest BCUT2D eigenvalue weighted by atomic mass is 79.9. The molecule has 0 saturated carbocycles. The third-order valence-corrected chi connectivity index (χ3v) is 5.05. The summed E-state index contributed by atoms with van der Waals surface area (Å²) < 4.78 is 0.868. The van der Waals surface area contributed by atoms with E-state index < -0.39 is 5.97 Å². The second-order valence-electron chi connectivity index (χ2n) is 5.01. The van der Waals surface area contributed by atoms with E-state index in [0.717, 1.165) is 21.1 Å². The first-order valence-electron chi connectivity index (χ1n) is 6.53. The lowest BCUT2D eigenvalue weighted by atomic mass is 10.1. The van der Waals surface area contributed by atoms with Crippen LogP contribution in [0.4, 0.5) is 0 Å². The Morgan fingerprint density at radius 3 is 2.57 bits per heavy atom. The average molecular weight is 434 g/mol. The van der Waals surface area contributed by atoms with Gasteiger partial charge in [0.15, 0.2) is 0 Å². The molecular formula is C16H9BrCl3NO2. The quantitative estimate of drug-likeness (QED) is 0.518. The number of aromatic nitrogens is 1. The molecule has 1 aromatic heterocycles. The van der Waals surface area contributed by atoms with E-state index in [1.807, 2.05) is 18.2 Å². The lowest BCUT2D eigenvalue weighted by Gasteiger charge is -2.08. The zero-order chi connectivity index (χ0) is 16.7. The molecule has 0 aliphatic carbocycles. The minimum Gasteiger partial charge on any atom is -0.478 e. The molecule has 0 fully saturated rings. The van der Waals surface area contributed by atoms with Crippen LogP contribution in [0.25, 0.3) is 10.9 Å². The molecule has 2 N–H and O–H groups in total. The third-order valence-electron chi connectivity index (χ3n) is 3.49. The number of carboxylic acids is 1. The Hall–Kier alpha value is -1.20. The zero-order valence-electron chi connectivity index (χ0n) is 11.5. The second-order valence-corrected chi connectivity index (χ2v) is 7.12. The maximum Gasteiger partial charge on any atom is 0.337 e. The van der Waals surface area contributed by atoms with Crippen LogP contribution in [0.2, 0.25) is 15.1 Å². The number of aromatic amines is 1. The number of rotatable bonds is 3. The number of hydrogen-bond donors (Lipinski definition) is 2. The van der Waals surface area contributed by atoms with E-state index >= 15 is 0 Å². The minimum atomic E-state index is -1.09. The van der Waals surface area contributed by atoms with Crippen LogP contribution in [0, 0.1) is 0 Å². The molecule has 0 atom stereocenters. The van der Waals surface area contributed by atoms with Crippen LogP contribution in [0.5, 0.6) is 0 Å². The summed E-state index contributed by atoms with van der Waals surface area (Å²) in [4.78, 5) is 14.5. The first kappa shape index (κ1) is 16.7. The molecule has 0 aliphatic heterocycles. The molecule has 1 heterocycles. The van der Waals surface area contributed by atoms with Gasteiger partial charge < -0.3 is 10.1 Å². The molecule has 0 aliphatic rings. The van der Waals surface area contributed by atoms with Crippen LogP contribution in [-0.2, 0) is 6.42 Å². The summed E-state index contributed by atoms with van der Waals surface area (Å²) in [5.74, 6) is -1.09. The van der Waals surface area contributed by atoms with Crippen LogP contribution in [0.15, 0.2) is 34.8 Å². The molecule has 0 spiro atoms. The number of aromatic carboxylic acids is 1. The van der Waals surface area contributed by atoms with Gasteiger partial charge in [-0.1, -0.05) is 50.7 Å². The molecule has 3 aromatic rings. The molecule has 3 rings (SSSR count). The molecule has 7 heteroatoms. The molecule has 0 unspecified atom stereocenters. The van der Waals surface area contributed by atoms with Gasteiger partial charge in [-0.15, -0.1) is 0 Å². The predicted molar refractivity (Wildman–Crippen MR) is 97.2 cm³/mol. The van der Waals surface area contributed by atoms with Crippen LogP contribution in [-0.4, -0.2) is 16.1 Å². The molecule has 0 amide bonds. The van der Waals surface area contributed by atoms with Crippen molar-refractivity contribution in [1.29, 1.82) is 0 Å². The first-order chi connectivity index (χ1) is 10.9. The summed E-state index contributed by atoms with van der Waals surface area (Å²) in [7, 11) is 0. The number of fused-ring (bicyclic) bond motifs is 1.